The Morgan fingerprint density at radius 2 is 1.74 bits per heavy atom. The van der Waals surface area contributed by atoms with Crippen molar-refractivity contribution in [2.75, 3.05) is 19.6 Å². The smallest absolute Gasteiger partial charge is 0.254 e. The summed E-state index contributed by atoms with van der Waals surface area (Å²) < 4.78 is 0. The van der Waals surface area contributed by atoms with Gasteiger partial charge in [0.05, 0.1) is 0 Å². The Bertz CT molecular complexity index is 1020. The number of aromatic nitrogens is 1. The fourth-order valence-electron chi connectivity index (χ4n) is 4.11. The summed E-state index contributed by atoms with van der Waals surface area (Å²) in [7, 11) is 0. The van der Waals surface area contributed by atoms with Crippen molar-refractivity contribution in [3.05, 3.63) is 90.3 Å². The second kappa shape index (κ2) is 9.56. The van der Waals surface area contributed by atoms with Gasteiger partial charge in [-0.25, -0.2) is 0 Å². The van der Waals surface area contributed by atoms with Crippen LogP contribution in [0.25, 0.3) is 11.1 Å². The van der Waals surface area contributed by atoms with Gasteiger partial charge in [-0.3, -0.25) is 14.6 Å². The molecule has 0 saturated carbocycles. The predicted octanol–water partition coefficient (Wildman–Crippen LogP) is 4.05. The number of rotatable bonds is 6. The lowest BCUT2D eigenvalue weighted by Crippen LogP contribution is -2.59. The van der Waals surface area contributed by atoms with Crippen LogP contribution in [0.1, 0.15) is 29.3 Å². The highest BCUT2D eigenvalue weighted by Crippen LogP contribution is 2.22. The van der Waals surface area contributed by atoms with Crippen LogP contribution < -0.4 is 0 Å². The summed E-state index contributed by atoms with van der Waals surface area (Å²) >= 11 is 0. The average Bonchev–Trinajstić information content (AvgIpc) is 2.83. The summed E-state index contributed by atoms with van der Waals surface area (Å²) in [6, 6.07) is 20.9. The van der Waals surface area contributed by atoms with Crippen molar-refractivity contribution in [2.45, 2.75) is 25.8 Å². The lowest BCUT2D eigenvalue weighted by atomic mass is 9.98. The summed E-state index contributed by atoms with van der Waals surface area (Å²) in [6.45, 7) is 3.93. The van der Waals surface area contributed by atoms with Crippen LogP contribution >= 0.6 is 0 Å². The molecular formula is C26H27N3O2. The molecule has 4 rings (SSSR count). The van der Waals surface area contributed by atoms with Crippen molar-refractivity contribution in [1.82, 2.24) is 14.8 Å². The zero-order valence-corrected chi connectivity index (χ0v) is 17.8. The zero-order valence-electron chi connectivity index (χ0n) is 17.8. The minimum Gasteiger partial charge on any atom is -0.339 e. The number of piperazine rings is 1. The van der Waals surface area contributed by atoms with Crippen molar-refractivity contribution in [2.24, 2.45) is 0 Å². The van der Waals surface area contributed by atoms with E-state index < -0.39 is 6.04 Å². The van der Waals surface area contributed by atoms with Gasteiger partial charge in [0.25, 0.3) is 5.91 Å². The molecule has 158 valence electrons. The van der Waals surface area contributed by atoms with Crippen molar-refractivity contribution in [1.29, 1.82) is 0 Å². The van der Waals surface area contributed by atoms with Crippen LogP contribution in [-0.2, 0) is 11.2 Å². The Kier molecular flexibility index (Phi) is 6.41. The van der Waals surface area contributed by atoms with Crippen LogP contribution in [0.3, 0.4) is 0 Å². The second-order valence-corrected chi connectivity index (χ2v) is 7.85. The predicted molar refractivity (Wildman–Crippen MR) is 122 cm³/mol. The Hall–Kier alpha value is -3.47. The van der Waals surface area contributed by atoms with E-state index in [4.69, 9.17) is 0 Å². The van der Waals surface area contributed by atoms with E-state index in [1.807, 2.05) is 77.8 Å². The maximum absolute atomic E-state index is 13.3. The van der Waals surface area contributed by atoms with E-state index in [-0.39, 0.29) is 11.8 Å². The molecule has 1 saturated heterocycles. The van der Waals surface area contributed by atoms with Crippen LogP contribution in [0.2, 0.25) is 0 Å². The highest BCUT2D eigenvalue weighted by Gasteiger charge is 2.37. The summed E-state index contributed by atoms with van der Waals surface area (Å²) in [4.78, 5) is 34.3. The van der Waals surface area contributed by atoms with Gasteiger partial charge in [0.15, 0.2) is 0 Å². The lowest BCUT2D eigenvalue weighted by molar-refractivity contribution is -0.140. The molecule has 0 radical (unpaired) electrons. The molecule has 1 aliphatic heterocycles. The topological polar surface area (TPSA) is 53.5 Å². The highest BCUT2D eigenvalue weighted by molar-refractivity contribution is 5.98. The molecule has 1 aliphatic rings. The molecule has 0 spiro atoms. The van der Waals surface area contributed by atoms with Gasteiger partial charge in [-0.15, -0.1) is 0 Å². The normalized spacial score (nSPS) is 16.4. The molecule has 31 heavy (non-hydrogen) atoms. The van der Waals surface area contributed by atoms with E-state index in [2.05, 4.69) is 11.9 Å². The lowest BCUT2D eigenvalue weighted by Gasteiger charge is -2.41. The van der Waals surface area contributed by atoms with Crippen LogP contribution in [0.4, 0.5) is 0 Å². The minimum absolute atomic E-state index is 0.0358. The number of amides is 2. The number of benzene rings is 2. The van der Waals surface area contributed by atoms with Gasteiger partial charge in [0.1, 0.15) is 6.04 Å². The van der Waals surface area contributed by atoms with Gasteiger partial charge >= 0.3 is 0 Å². The number of pyridine rings is 1. The molecule has 5 heteroatoms. The van der Waals surface area contributed by atoms with E-state index in [1.54, 1.807) is 11.1 Å². The first-order valence-corrected chi connectivity index (χ1v) is 10.8. The van der Waals surface area contributed by atoms with Gasteiger partial charge < -0.3 is 9.80 Å². The molecule has 0 bridgehead atoms. The van der Waals surface area contributed by atoms with Crippen molar-refractivity contribution >= 4 is 11.8 Å². The number of hydrogen-bond acceptors (Lipinski definition) is 3. The maximum atomic E-state index is 13.3. The van der Waals surface area contributed by atoms with Crippen LogP contribution in [-0.4, -0.2) is 52.3 Å². The molecule has 1 atom stereocenters. The molecule has 1 aromatic heterocycles. The number of carbonyl (C=O) groups is 2. The van der Waals surface area contributed by atoms with Gasteiger partial charge in [0, 0.05) is 44.0 Å². The van der Waals surface area contributed by atoms with E-state index >= 15 is 0 Å². The SMILES string of the molecule is CCCN1CCN(C(=O)c2ccccc2)C(Cc2ccc(-c3cccnc3)cc2)C1=O. The van der Waals surface area contributed by atoms with Gasteiger partial charge in [-0.05, 0) is 41.3 Å². The zero-order chi connectivity index (χ0) is 21.6. The standard InChI is InChI=1S/C26H27N3O2/c1-2-15-28-16-17-29(25(30)22-7-4-3-5-8-22)24(26(28)31)18-20-10-12-21(13-11-20)23-9-6-14-27-19-23/h3-14,19,24H,2,15-18H2,1H3. The number of hydrogen-bond donors (Lipinski definition) is 0. The van der Waals surface area contributed by atoms with Crippen LogP contribution in [0.5, 0.6) is 0 Å². The molecule has 2 heterocycles. The molecule has 0 N–H and O–H groups in total. The van der Waals surface area contributed by atoms with Crippen LogP contribution in [0, 0.1) is 0 Å². The summed E-state index contributed by atoms with van der Waals surface area (Å²) in [5.41, 5.74) is 3.79. The van der Waals surface area contributed by atoms with E-state index in [9.17, 15) is 9.59 Å². The Balaban J connectivity index is 1.58. The molecule has 3 aromatic rings. The first-order valence-electron chi connectivity index (χ1n) is 10.8. The molecule has 2 aromatic carbocycles. The monoisotopic (exact) mass is 413 g/mol. The van der Waals surface area contributed by atoms with Crippen LogP contribution in [0.15, 0.2) is 79.1 Å². The molecule has 1 fully saturated rings. The summed E-state index contributed by atoms with van der Waals surface area (Å²) in [5, 5.41) is 0. The number of nitrogens with zero attached hydrogens (tertiary/aromatic N) is 3. The maximum Gasteiger partial charge on any atom is 0.254 e. The minimum atomic E-state index is -0.489. The molecule has 1 unspecified atom stereocenters. The average molecular weight is 414 g/mol. The molecule has 0 aliphatic carbocycles. The van der Waals surface area contributed by atoms with Gasteiger partial charge in [-0.2, -0.15) is 0 Å². The fraction of sp³-hybridized carbons (Fsp3) is 0.269. The summed E-state index contributed by atoms with van der Waals surface area (Å²) in [6.07, 6.45) is 5.01. The Morgan fingerprint density at radius 3 is 2.42 bits per heavy atom. The van der Waals surface area contributed by atoms with E-state index in [0.29, 0.717) is 25.1 Å². The Morgan fingerprint density at radius 1 is 0.968 bits per heavy atom. The molecule has 2 amide bonds. The van der Waals surface area contributed by atoms with Gasteiger partial charge in [0.2, 0.25) is 5.91 Å². The summed E-state index contributed by atoms with van der Waals surface area (Å²) in [5.74, 6) is -0.0456. The first-order chi connectivity index (χ1) is 15.2. The fourth-order valence-corrected chi connectivity index (χ4v) is 4.11. The third kappa shape index (κ3) is 4.66. The van der Waals surface area contributed by atoms with Crippen molar-refractivity contribution < 1.29 is 9.59 Å². The highest BCUT2D eigenvalue weighted by atomic mass is 16.2. The van der Waals surface area contributed by atoms with Gasteiger partial charge in [-0.1, -0.05) is 55.5 Å². The number of carbonyl (C=O) groups excluding carboxylic acids is 2. The molecular weight excluding hydrogens is 386 g/mol. The Labute approximate surface area is 183 Å². The first kappa shape index (κ1) is 20.8. The molecule has 5 nitrogen and oxygen atoms in total. The van der Waals surface area contributed by atoms with Crippen molar-refractivity contribution in [3.8, 4) is 11.1 Å². The quantitative estimate of drug-likeness (QED) is 0.613. The second-order valence-electron chi connectivity index (χ2n) is 7.85. The third-order valence-corrected chi connectivity index (χ3v) is 5.74. The van der Waals surface area contributed by atoms with E-state index in [0.717, 1.165) is 29.7 Å². The van der Waals surface area contributed by atoms with E-state index in [1.165, 1.54) is 0 Å². The largest absolute Gasteiger partial charge is 0.339 e. The third-order valence-electron chi connectivity index (χ3n) is 5.74. The van der Waals surface area contributed by atoms with Crippen molar-refractivity contribution in [3.63, 3.8) is 0 Å².